The summed E-state index contributed by atoms with van der Waals surface area (Å²) in [6, 6.07) is 15.6. The van der Waals surface area contributed by atoms with E-state index in [1.54, 1.807) is 0 Å². The van der Waals surface area contributed by atoms with Crippen LogP contribution >= 0.6 is 0 Å². The summed E-state index contributed by atoms with van der Waals surface area (Å²) in [6.07, 6.45) is 2.84. The minimum absolute atomic E-state index is 0.00800. The third-order valence-electron chi connectivity index (χ3n) is 5.26. The fourth-order valence-electron chi connectivity index (χ4n) is 3.57. The number of halogens is 1. The predicted octanol–water partition coefficient (Wildman–Crippen LogP) is 3.12. The number of nitrogens with one attached hydrogen (secondary N) is 1. The first-order valence-corrected chi connectivity index (χ1v) is 11.6. The van der Waals surface area contributed by atoms with Crippen molar-refractivity contribution in [2.75, 3.05) is 19.6 Å². The summed E-state index contributed by atoms with van der Waals surface area (Å²) < 4.78 is 39.6. The number of rotatable bonds is 8. The van der Waals surface area contributed by atoms with Gasteiger partial charge in [-0.25, -0.2) is 17.1 Å². The van der Waals surface area contributed by atoms with Crippen LogP contribution < -0.4 is 5.32 Å². The average Bonchev–Trinajstić information content (AvgIpc) is 2.73. The molecule has 1 heterocycles. The van der Waals surface area contributed by atoms with Gasteiger partial charge >= 0.3 is 0 Å². The highest BCUT2D eigenvalue weighted by Gasteiger charge is 2.31. The van der Waals surface area contributed by atoms with Crippen molar-refractivity contribution >= 4 is 15.9 Å². The molecule has 7 heteroatoms. The summed E-state index contributed by atoms with van der Waals surface area (Å²) in [4.78, 5) is 12.4. The Balaban J connectivity index is 1.40. The summed E-state index contributed by atoms with van der Waals surface area (Å²) in [5.74, 6) is -0.678. The normalized spacial score (nSPS) is 15.9. The highest BCUT2D eigenvalue weighted by Crippen LogP contribution is 2.22. The van der Waals surface area contributed by atoms with E-state index in [0.29, 0.717) is 38.0 Å². The number of sulfonamides is 1. The topological polar surface area (TPSA) is 66.5 Å². The Hall–Kier alpha value is -2.25. The maximum Gasteiger partial charge on any atom is 0.223 e. The fourth-order valence-corrected chi connectivity index (χ4v) is 5.14. The van der Waals surface area contributed by atoms with Crippen molar-refractivity contribution in [3.05, 3.63) is 71.5 Å². The van der Waals surface area contributed by atoms with E-state index in [-0.39, 0.29) is 23.4 Å². The van der Waals surface area contributed by atoms with Gasteiger partial charge in [-0.15, -0.1) is 0 Å². The third-order valence-corrected chi connectivity index (χ3v) is 7.11. The van der Waals surface area contributed by atoms with Gasteiger partial charge in [0.05, 0.1) is 5.75 Å². The van der Waals surface area contributed by atoms with Gasteiger partial charge < -0.3 is 5.32 Å². The van der Waals surface area contributed by atoms with Crippen molar-refractivity contribution in [2.45, 2.75) is 31.4 Å². The van der Waals surface area contributed by atoms with Crippen LogP contribution in [0.2, 0.25) is 0 Å². The molecule has 1 N–H and O–H groups in total. The second-order valence-electron chi connectivity index (χ2n) is 7.44. The van der Waals surface area contributed by atoms with Crippen molar-refractivity contribution in [3.8, 4) is 0 Å². The van der Waals surface area contributed by atoms with Crippen LogP contribution in [0.1, 0.15) is 30.4 Å². The van der Waals surface area contributed by atoms with E-state index in [1.807, 2.05) is 18.2 Å². The van der Waals surface area contributed by atoms with Crippen LogP contribution in [0.25, 0.3) is 0 Å². The molecule has 0 atom stereocenters. The molecule has 0 aliphatic carbocycles. The van der Waals surface area contributed by atoms with Crippen LogP contribution in [-0.4, -0.2) is 38.3 Å². The number of hydrogen-bond donors (Lipinski definition) is 1. The molecule has 3 rings (SSSR count). The molecule has 0 unspecified atom stereocenters. The maximum absolute atomic E-state index is 13.0. The van der Waals surface area contributed by atoms with E-state index in [9.17, 15) is 17.6 Å². The Morgan fingerprint density at radius 2 is 1.66 bits per heavy atom. The Bertz CT molecular complexity index is 893. The summed E-state index contributed by atoms with van der Waals surface area (Å²) in [7, 11) is -3.47. The standard InChI is InChI=1S/C22H27FN2O3S/c23-21-10-8-19(9-11-21)17-29(27,28)25-15-12-20(13-16-25)22(26)24-14-4-7-18-5-2-1-3-6-18/h1-3,5-6,8-11,20H,4,7,12-17H2,(H,24,26). The van der Waals surface area contributed by atoms with Gasteiger partial charge in [-0.1, -0.05) is 42.5 Å². The first kappa shape index (κ1) is 21.5. The first-order valence-electron chi connectivity index (χ1n) is 9.98. The molecule has 0 spiro atoms. The zero-order valence-electron chi connectivity index (χ0n) is 16.4. The number of aryl methyl sites for hydroxylation is 1. The molecule has 2 aromatic carbocycles. The zero-order chi connectivity index (χ0) is 20.7. The van der Waals surface area contributed by atoms with Gasteiger partial charge in [0.15, 0.2) is 0 Å². The van der Waals surface area contributed by atoms with Gasteiger partial charge in [-0.2, -0.15) is 0 Å². The lowest BCUT2D eigenvalue weighted by atomic mass is 9.97. The summed E-state index contributed by atoms with van der Waals surface area (Å²) in [6.45, 7) is 1.30. The number of hydrogen-bond acceptors (Lipinski definition) is 3. The molecule has 0 bridgehead atoms. The Morgan fingerprint density at radius 1 is 1.00 bits per heavy atom. The van der Waals surface area contributed by atoms with Gasteiger partial charge in [0.2, 0.25) is 15.9 Å². The van der Waals surface area contributed by atoms with Crippen LogP contribution in [0.3, 0.4) is 0 Å². The van der Waals surface area contributed by atoms with Gasteiger partial charge in [-0.05, 0) is 48.9 Å². The van der Waals surface area contributed by atoms with Crippen molar-refractivity contribution in [2.24, 2.45) is 5.92 Å². The second-order valence-corrected chi connectivity index (χ2v) is 9.41. The van der Waals surface area contributed by atoms with E-state index in [4.69, 9.17) is 0 Å². The van der Waals surface area contributed by atoms with Crippen LogP contribution in [0, 0.1) is 11.7 Å². The quantitative estimate of drug-likeness (QED) is 0.670. The zero-order valence-corrected chi connectivity index (χ0v) is 17.2. The monoisotopic (exact) mass is 418 g/mol. The molecule has 1 saturated heterocycles. The third kappa shape index (κ3) is 6.37. The lowest BCUT2D eigenvalue weighted by molar-refractivity contribution is -0.126. The molecule has 1 aliphatic rings. The Labute approximate surface area is 172 Å². The smallest absolute Gasteiger partial charge is 0.223 e. The fraction of sp³-hybridized carbons (Fsp3) is 0.409. The van der Waals surface area contributed by atoms with Crippen molar-refractivity contribution in [1.82, 2.24) is 9.62 Å². The molecule has 5 nitrogen and oxygen atoms in total. The van der Waals surface area contributed by atoms with Gasteiger partial charge in [-0.3, -0.25) is 4.79 Å². The van der Waals surface area contributed by atoms with Gasteiger partial charge in [0.25, 0.3) is 0 Å². The van der Waals surface area contributed by atoms with E-state index < -0.39 is 10.0 Å². The number of carbonyl (C=O) groups is 1. The lowest BCUT2D eigenvalue weighted by Gasteiger charge is -2.30. The van der Waals surface area contributed by atoms with Crippen LogP contribution in [0.4, 0.5) is 4.39 Å². The number of benzene rings is 2. The highest BCUT2D eigenvalue weighted by atomic mass is 32.2. The van der Waals surface area contributed by atoms with Crippen LogP contribution in [0.15, 0.2) is 54.6 Å². The maximum atomic E-state index is 13.0. The number of carbonyl (C=O) groups excluding carboxylic acids is 1. The average molecular weight is 419 g/mol. The Morgan fingerprint density at radius 3 is 2.31 bits per heavy atom. The van der Waals surface area contributed by atoms with Crippen molar-refractivity contribution < 1.29 is 17.6 Å². The second kappa shape index (κ2) is 9.98. The van der Waals surface area contributed by atoms with Crippen molar-refractivity contribution in [3.63, 3.8) is 0 Å². The molecule has 1 aliphatic heterocycles. The summed E-state index contributed by atoms with van der Waals surface area (Å²) in [5, 5.41) is 2.98. The highest BCUT2D eigenvalue weighted by molar-refractivity contribution is 7.88. The molecule has 1 fully saturated rings. The molecule has 156 valence electrons. The Kier molecular flexibility index (Phi) is 7.39. The van der Waals surface area contributed by atoms with E-state index in [1.165, 1.54) is 34.1 Å². The minimum atomic E-state index is -3.47. The van der Waals surface area contributed by atoms with E-state index >= 15 is 0 Å². The number of nitrogens with zero attached hydrogens (tertiary/aromatic N) is 1. The van der Waals surface area contributed by atoms with E-state index in [2.05, 4.69) is 17.4 Å². The minimum Gasteiger partial charge on any atom is -0.356 e. The van der Waals surface area contributed by atoms with Gasteiger partial charge in [0.1, 0.15) is 5.82 Å². The molecular formula is C22H27FN2O3S. The summed E-state index contributed by atoms with van der Waals surface area (Å²) in [5.41, 5.74) is 1.81. The van der Waals surface area contributed by atoms with E-state index in [0.717, 1.165) is 12.8 Å². The molecule has 0 saturated carbocycles. The molecular weight excluding hydrogens is 391 g/mol. The molecule has 2 aromatic rings. The largest absolute Gasteiger partial charge is 0.356 e. The summed E-state index contributed by atoms with van der Waals surface area (Å²) >= 11 is 0. The molecule has 0 aromatic heterocycles. The van der Waals surface area contributed by atoms with Crippen LogP contribution in [0.5, 0.6) is 0 Å². The number of amides is 1. The molecule has 0 radical (unpaired) electrons. The first-order chi connectivity index (χ1) is 13.9. The number of piperidine rings is 1. The molecule has 1 amide bonds. The van der Waals surface area contributed by atoms with Crippen LogP contribution in [-0.2, 0) is 27.0 Å². The van der Waals surface area contributed by atoms with Gasteiger partial charge in [0, 0.05) is 25.6 Å². The molecule has 29 heavy (non-hydrogen) atoms. The lowest BCUT2D eigenvalue weighted by Crippen LogP contribution is -2.43. The predicted molar refractivity (Wildman–Crippen MR) is 111 cm³/mol. The SMILES string of the molecule is O=C(NCCCc1ccccc1)C1CCN(S(=O)(=O)Cc2ccc(F)cc2)CC1. The van der Waals surface area contributed by atoms with Crippen molar-refractivity contribution in [1.29, 1.82) is 0 Å².